The normalized spacial score (nSPS) is 19.0. The van der Waals surface area contributed by atoms with Crippen LogP contribution in [0.15, 0.2) is 6.07 Å². The SMILES string of the molecule is CCc1cc(N2CCCC(CNCCOC)C2)nc(C)n1. The van der Waals surface area contributed by atoms with Crippen LogP contribution in [0.4, 0.5) is 5.82 Å². The van der Waals surface area contributed by atoms with Gasteiger partial charge in [0.25, 0.3) is 0 Å². The Bertz CT molecular complexity index is 438. The zero-order valence-electron chi connectivity index (χ0n) is 13.6. The second-order valence-electron chi connectivity index (χ2n) is 5.77. The molecule has 0 spiro atoms. The van der Waals surface area contributed by atoms with Gasteiger partial charge in [0, 0.05) is 38.5 Å². The summed E-state index contributed by atoms with van der Waals surface area (Å²) >= 11 is 0. The van der Waals surface area contributed by atoms with Gasteiger partial charge in [-0.3, -0.25) is 0 Å². The van der Waals surface area contributed by atoms with E-state index in [0.717, 1.165) is 56.5 Å². The Morgan fingerprint density at radius 3 is 3.05 bits per heavy atom. The van der Waals surface area contributed by atoms with Crippen molar-refractivity contribution in [2.75, 3.05) is 44.8 Å². The zero-order valence-corrected chi connectivity index (χ0v) is 13.6. The van der Waals surface area contributed by atoms with Crippen LogP contribution in [0.5, 0.6) is 0 Å². The molecule has 1 aromatic rings. The predicted octanol–water partition coefficient (Wildman–Crippen LogP) is 1.80. The van der Waals surface area contributed by atoms with Gasteiger partial charge in [0.2, 0.25) is 0 Å². The number of aryl methyl sites for hydroxylation is 2. The monoisotopic (exact) mass is 292 g/mol. The number of hydrogen-bond donors (Lipinski definition) is 1. The molecule has 0 amide bonds. The van der Waals surface area contributed by atoms with Crippen LogP contribution < -0.4 is 10.2 Å². The lowest BCUT2D eigenvalue weighted by atomic mass is 9.98. The van der Waals surface area contributed by atoms with Gasteiger partial charge in [0.05, 0.1) is 6.61 Å². The molecule has 1 aliphatic heterocycles. The third-order valence-electron chi connectivity index (χ3n) is 4.00. The third kappa shape index (κ3) is 4.93. The molecule has 118 valence electrons. The van der Waals surface area contributed by atoms with Crippen molar-refractivity contribution in [2.24, 2.45) is 5.92 Å². The van der Waals surface area contributed by atoms with E-state index in [-0.39, 0.29) is 0 Å². The minimum atomic E-state index is 0.691. The molecule has 1 aliphatic rings. The lowest BCUT2D eigenvalue weighted by Gasteiger charge is -2.34. The van der Waals surface area contributed by atoms with Crippen LogP contribution in [-0.2, 0) is 11.2 Å². The Morgan fingerprint density at radius 2 is 2.29 bits per heavy atom. The minimum absolute atomic E-state index is 0.691. The summed E-state index contributed by atoms with van der Waals surface area (Å²) in [6.07, 6.45) is 3.49. The van der Waals surface area contributed by atoms with Crippen LogP contribution in [0.25, 0.3) is 0 Å². The Kier molecular flexibility index (Phi) is 6.39. The van der Waals surface area contributed by atoms with E-state index in [0.29, 0.717) is 5.92 Å². The average molecular weight is 292 g/mol. The number of aromatic nitrogens is 2. The van der Waals surface area contributed by atoms with Gasteiger partial charge < -0.3 is 15.0 Å². The summed E-state index contributed by atoms with van der Waals surface area (Å²) in [5.74, 6) is 2.67. The summed E-state index contributed by atoms with van der Waals surface area (Å²) in [5.41, 5.74) is 1.14. The van der Waals surface area contributed by atoms with Crippen molar-refractivity contribution in [1.29, 1.82) is 0 Å². The fourth-order valence-corrected chi connectivity index (χ4v) is 2.88. The van der Waals surface area contributed by atoms with E-state index in [4.69, 9.17) is 4.74 Å². The Labute approximate surface area is 128 Å². The number of ether oxygens (including phenoxy) is 1. The smallest absolute Gasteiger partial charge is 0.132 e. The van der Waals surface area contributed by atoms with E-state index in [1.165, 1.54) is 12.8 Å². The van der Waals surface area contributed by atoms with E-state index in [2.05, 4.69) is 33.2 Å². The largest absolute Gasteiger partial charge is 0.383 e. The van der Waals surface area contributed by atoms with Gasteiger partial charge in [-0.25, -0.2) is 9.97 Å². The molecule has 0 radical (unpaired) electrons. The number of methoxy groups -OCH3 is 1. The van der Waals surface area contributed by atoms with Gasteiger partial charge in [0.15, 0.2) is 0 Å². The van der Waals surface area contributed by atoms with Crippen LogP contribution in [0.1, 0.15) is 31.3 Å². The maximum absolute atomic E-state index is 5.07. The van der Waals surface area contributed by atoms with Gasteiger partial charge in [-0.05, 0) is 38.6 Å². The Morgan fingerprint density at radius 1 is 1.43 bits per heavy atom. The zero-order chi connectivity index (χ0) is 15.1. The highest BCUT2D eigenvalue weighted by Crippen LogP contribution is 2.22. The van der Waals surface area contributed by atoms with Gasteiger partial charge in [0.1, 0.15) is 11.6 Å². The fourth-order valence-electron chi connectivity index (χ4n) is 2.88. The number of piperidine rings is 1. The quantitative estimate of drug-likeness (QED) is 0.777. The third-order valence-corrected chi connectivity index (χ3v) is 4.00. The number of nitrogens with zero attached hydrogens (tertiary/aromatic N) is 3. The van der Waals surface area contributed by atoms with E-state index < -0.39 is 0 Å². The number of anilines is 1. The van der Waals surface area contributed by atoms with Crippen LogP contribution in [-0.4, -0.2) is 49.9 Å². The molecular formula is C16H28N4O. The molecule has 5 nitrogen and oxygen atoms in total. The van der Waals surface area contributed by atoms with Gasteiger partial charge in [-0.2, -0.15) is 0 Å². The molecule has 0 aromatic carbocycles. The molecule has 1 fully saturated rings. The van der Waals surface area contributed by atoms with E-state index in [1.54, 1.807) is 7.11 Å². The van der Waals surface area contributed by atoms with Crippen LogP contribution >= 0.6 is 0 Å². The maximum atomic E-state index is 5.07. The second-order valence-corrected chi connectivity index (χ2v) is 5.77. The second kappa shape index (κ2) is 8.29. The van der Waals surface area contributed by atoms with Crippen molar-refractivity contribution in [1.82, 2.24) is 15.3 Å². The molecule has 21 heavy (non-hydrogen) atoms. The first kappa shape index (κ1) is 16.2. The number of rotatable bonds is 7. The molecule has 1 N–H and O–H groups in total. The number of nitrogens with one attached hydrogen (secondary N) is 1. The topological polar surface area (TPSA) is 50.3 Å². The maximum Gasteiger partial charge on any atom is 0.132 e. The predicted molar refractivity (Wildman–Crippen MR) is 85.8 cm³/mol. The molecule has 2 rings (SSSR count). The molecule has 0 saturated carbocycles. The Balaban J connectivity index is 1.92. The average Bonchev–Trinajstić information content (AvgIpc) is 2.51. The summed E-state index contributed by atoms with van der Waals surface area (Å²) in [6.45, 7) is 9.08. The van der Waals surface area contributed by atoms with Crippen LogP contribution in [0.2, 0.25) is 0 Å². The van der Waals surface area contributed by atoms with Gasteiger partial charge >= 0.3 is 0 Å². The van der Waals surface area contributed by atoms with E-state index in [1.807, 2.05) is 6.92 Å². The highest BCUT2D eigenvalue weighted by atomic mass is 16.5. The van der Waals surface area contributed by atoms with Crippen molar-refractivity contribution < 1.29 is 4.74 Å². The van der Waals surface area contributed by atoms with Gasteiger partial charge in [-0.15, -0.1) is 0 Å². The lowest BCUT2D eigenvalue weighted by molar-refractivity contribution is 0.197. The first-order valence-corrected chi connectivity index (χ1v) is 8.02. The summed E-state index contributed by atoms with van der Waals surface area (Å²) in [5, 5.41) is 3.48. The van der Waals surface area contributed by atoms with Crippen LogP contribution in [0.3, 0.4) is 0 Å². The fraction of sp³-hybridized carbons (Fsp3) is 0.750. The molecule has 1 saturated heterocycles. The molecule has 5 heteroatoms. The minimum Gasteiger partial charge on any atom is -0.383 e. The summed E-state index contributed by atoms with van der Waals surface area (Å²) < 4.78 is 5.07. The summed E-state index contributed by atoms with van der Waals surface area (Å²) in [6, 6.07) is 2.15. The van der Waals surface area contributed by atoms with Crippen molar-refractivity contribution in [2.45, 2.75) is 33.1 Å². The van der Waals surface area contributed by atoms with Crippen molar-refractivity contribution in [3.8, 4) is 0 Å². The first-order chi connectivity index (χ1) is 10.2. The Hall–Kier alpha value is -1.20. The first-order valence-electron chi connectivity index (χ1n) is 8.02. The number of hydrogen-bond acceptors (Lipinski definition) is 5. The molecule has 0 aliphatic carbocycles. The highest BCUT2D eigenvalue weighted by Gasteiger charge is 2.21. The lowest BCUT2D eigenvalue weighted by Crippen LogP contribution is -2.40. The molecule has 1 aromatic heterocycles. The summed E-state index contributed by atoms with van der Waals surface area (Å²) in [7, 11) is 1.74. The van der Waals surface area contributed by atoms with E-state index in [9.17, 15) is 0 Å². The molecule has 0 bridgehead atoms. The highest BCUT2D eigenvalue weighted by molar-refractivity contribution is 5.40. The molecule has 2 heterocycles. The van der Waals surface area contributed by atoms with Crippen LogP contribution in [0, 0.1) is 12.8 Å². The molecular weight excluding hydrogens is 264 g/mol. The van der Waals surface area contributed by atoms with E-state index >= 15 is 0 Å². The van der Waals surface area contributed by atoms with Crippen molar-refractivity contribution in [3.63, 3.8) is 0 Å². The standard InChI is InChI=1S/C16H28N4O/c1-4-15-10-16(19-13(2)18-15)20-8-5-6-14(12-20)11-17-7-9-21-3/h10,14,17H,4-9,11-12H2,1-3H3. The van der Waals surface area contributed by atoms with Gasteiger partial charge in [-0.1, -0.05) is 6.92 Å². The van der Waals surface area contributed by atoms with Crippen molar-refractivity contribution in [3.05, 3.63) is 17.6 Å². The molecule has 1 unspecified atom stereocenters. The summed E-state index contributed by atoms with van der Waals surface area (Å²) in [4.78, 5) is 11.5. The van der Waals surface area contributed by atoms with Crippen molar-refractivity contribution >= 4 is 5.82 Å². The molecule has 1 atom stereocenters.